The van der Waals surface area contributed by atoms with E-state index in [1.54, 1.807) is 23.7 Å². The monoisotopic (exact) mass is 545 g/mol. The van der Waals surface area contributed by atoms with Crippen molar-refractivity contribution in [2.45, 2.75) is 6.54 Å². The van der Waals surface area contributed by atoms with Crippen LogP contribution in [0, 0.1) is 5.82 Å². The molecule has 0 radical (unpaired) electrons. The Labute approximate surface area is 225 Å². The average molecular weight is 546 g/mol. The van der Waals surface area contributed by atoms with Crippen LogP contribution in [-0.4, -0.2) is 75.6 Å². The van der Waals surface area contributed by atoms with Crippen molar-refractivity contribution in [2.24, 2.45) is 0 Å². The zero-order chi connectivity index (χ0) is 26.6. The molecule has 204 valence electrons. The molecule has 12 heteroatoms. The van der Waals surface area contributed by atoms with Crippen LogP contribution in [-0.2, 0) is 16.0 Å². The van der Waals surface area contributed by atoms with Gasteiger partial charge in [-0.25, -0.2) is 14.2 Å². The molecule has 0 aliphatic carbocycles. The molecule has 0 bridgehead atoms. The van der Waals surface area contributed by atoms with E-state index in [1.165, 1.54) is 30.6 Å². The average Bonchev–Trinajstić information content (AvgIpc) is 3.46. The van der Waals surface area contributed by atoms with Crippen molar-refractivity contribution in [3.63, 3.8) is 0 Å². The van der Waals surface area contributed by atoms with Crippen molar-refractivity contribution in [1.29, 1.82) is 0 Å². The second kappa shape index (κ2) is 14.6. The number of hydrogen-bond donors (Lipinski definition) is 3. The molecule has 1 aromatic heterocycles. The largest absolute Gasteiger partial charge is 0.493 e. The number of aromatic nitrogens is 1. The number of morpholine rings is 2. The number of methoxy groups -OCH3 is 1. The molecule has 3 N–H and O–H groups in total. The highest BCUT2D eigenvalue weighted by molar-refractivity contribution is 7.13. The molecule has 2 aliphatic heterocycles. The summed E-state index contributed by atoms with van der Waals surface area (Å²) in [5.74, 6) is -0.0896. The molecule has 5 rings (SSSR count). The zero-order valence-corrected chi connectivity index (χ0v) is 22.0. The number of carbonyl (C=O) groups excluding carboxylic acids is 1. The molecule has 2 fully saturated rings. The van der Waals surface area contributed by atoms with Gasteiger partial charge in [-0.2, -0.15) is 0 Å². The van der Waals surface area contributed by atoms with Crippen LogP contribution in [0.1, 0.15) is 5.56 Å². The Kier molecular flexibility index (Phi) is 10.7. The lowest BCUT2D eigenvalue weighted by Crippen LogP contribution is -2.35. The number of carbonyl (C=O) groups is 1. The number of thiazole rings is 1. The fraction of sp³-hybridized carbons (Fsp3) is 0.385. The van der Waals surface area contributed by atoms with E-state index < -0.39 is 11.8 Å². The van der Waals surface area contributed by atoms with Crippen molar-refractivity contribution in [2.75, 3.05) is 70.3 Å². The van der Waals surface area contributed by atoms with E-state index in [0.717, 1.165) is 45.0 Å². The molecule has 0 saturated carbocycles. The molecular formula is C26H32FN5O5S. The van der Waals surface area contributed by atoms with Crippen LogP contribution in [0.25, 0.3) is 0 Å². The van der Waals surface area contributed by atoms with Gasteiger partial charge in [0.2, 0.25) is 5.75 Å². The first kappa shape index (κ1) is 27.7. The second-order valence-corrected chi connectivity index (χ2v) is 9.27. The first-order valence-corrected chi connectivity index (χ1v) is 13.2. The minimum Gasteiger partial charge on any atom is -0.493 e. The van der Waals surface area contributed by atoms with Crippen LogP contribution in [0.4, 0.5) is 20.0 Å². The third-order valence-electron chi connectivity index (χ3n) is 5.66. The first-order chi connectivity index (χ1) is 18.6. The van der Waals surface area contributed by atoms with Crippen LogP contribution in [0.5, 0.6) is 17.2 Å². The Morgan fingerprint density at radius 3 is 2.55 bits per heavy atom. The summed E-state index contributed by atoms with van der Waals surface area (Å²) in [6.07, 6.45) is 1.60. The number of nitrogens with one attached hydrogen (secondary N) is 3. The molecule has 2 aromatic carbocycles. The number of anilines is 2. The van der Waals surface area contributed by atoms with Crippen LogP contribution >= 0.6 is 11.3 Å². The number of hydrogen-bond acceptors (Lipinski definition) is 9. The van der Waals surface area contributed by atoms with Gasteiger partial charge >= 0.3 is 6.03 Å². The number of benzene rings is 2. The van der Waals surface area contributed by atoms with Crippen LogP contribution in [0.15, 0.2) is 48.0 Å². The van der Waals surface area contributed by atoms with E-state index in [4.69, 9.17) is 18.9 Å². The lowest BCUT2D eigenvalue weighted by atomic mass is 10.1. The van der Waals surface area contributed by atoms with Gasteiger partial charge in [0.15, 0.2) is 22.4 Å². The Morgan fingerprint density at radius 2 is 1.89 bits per heavy atom. The predicted molar refractivity (Wildman–Crippen MR) is 144 cm³/mol. The number of ether oxygens (including phenoxy) is 4. The molecule has 3 aromatic rings. The normalized spacial score (nSPS) is 15.6. The quantitative estimate of drug-likeness (QED) is 0.406. The maximum atomic E-state index is 14.4. The minimum atomic E-state index is -0.570. The lowest BCUT2D eigenvalue weighted by Gasteiger charge is -2.27. The van der Waals surface area contributed by atoms with Gasteiger partial charge in [-0.05, 0) is 29.8 Å². The third-order valence-corrected chi connectivity index (χ3v) is 6.35. The van der Waals surface area contributed by atoms with Gasteiger partial charge in [0, 0.05) is 44.3 Å². The number of halogens is 1. The standard InChI is InChI=1S/C22H23FN4O4S.C4H9NO/c1-29-19-4-2-3-16(23)20(19)31-18-6-5-15(14-27-8-10-30-11-9-27)13-17(18)25-21(28)26-22-24-7-12-32-22;1-3-6-4-2-5-1/h2-7,12-13H,8-11,14H2,1H3,(H2,24,25,26,28);5H,1-4H2. The topological polar surface area (TPSA) is 106 Å². The lowest BCUT2D eigenvalue weighted by molar-refractivity contribution is 0.0342. The van der Waals surface area contributed by atoms with Crippen molar-refractivity contribution in [3.8, 4) is 17.2 Å². The summed E-state index contributed by atoms with van der Waals surface area (Å²) in [5, 5.41) is 10.8. The molecule has 0 spiro atoms. The summed E-state index contributed by atoms with van der Waals surface area (Å²) in [5.41, 5.74) is 1.37. The van der Waals surface area contributed by atoms with Crippen LogP contribution < -0.4 is 25.4 Å². The van der Waals surface area contributed by atoms with Crippen LogP contribution in [0.3, 0.4) is 0 Å². The number of para-hydroxylation sites is 1. The highest BCUT2D eigenvalue weighted by Gasteiger charge is 2.18. The van der Waals surface area contributed by atoms with Gasteiger partial charge in [-0.1, -0.05) is 12.1 Å². The summed E-state index contributed by atoms with van der Waals surface area (Å²) in [6.45, 7) is 7.57. The van der Waals surface area contributed by atoms with E-state index in [2.05, 4.69) is 25.8 Å². The number of amides is 2. The van der Waals surface area contributed by atoms with Gasteiger partial charge in [-0.15, -0.1) is 11.3 Å². The summed E-state index contributed by atoms with van der Waals surface area (Å²) in [4.78, 5) is 18.8. The maximum absolute atomic E-state index is 14.4. The summed E-state index contributed by atoms with van der Waals surface area (Å²) >= 11 is 1.30. The third kappa shape index (κ3) is 8.36. The second-order valence-electron chi connectivity index (χ2n) is 8.37. The van der Waals surface area contributed by atoms with Gasteiger partial charge in [0.05, 0.1) is 39.2 Å². The van der Waals surface area contributed by atoms with Crippen molar-refractivity contribution in [1.82, 2.24) is 15.2 Å². The summed E-state index contributed by atoms with van der Waals surface area (Å²) in [7, 11) is 1.44. The van der Waals surface area contributed by atoms with Crippen molar-refractivity contribution in [3.05, 3.63) is 59.4 Å². The number of urea groups is 1. The molecule has 2 aliphatic rings. The molecule has 0 unspecified atom stereocenters. The highest BCUT2D eigenvalue weighted by atomic mass is 32.1. The fourth-order valence-corrected chi connectivity index (χ4v) is 4.31. The smallest absolute Gasteiger partial charge is 0.325 e. The van der Waals surface area contributed by atoms with E-state index >= 15 is 0 Å². The number of rotatable bonds is 7. The predicted octanol–water partition coefficient (Wildman–Crippen LogP) is 4.17. The minimum absolute atomic E-state index is 0.0562. The molecule has 3 heterocycles. The SMILES string of the molecule is C1COCCN1.COc1cccc(F)c1Oc1ccc(CN2CCOCC2)cc1NC(=O)Nc1nccs1. The molecule has 2 amide bonds. The fourth-order valence-electron chi connectivity index (χ4n) is 3.79. The molecule has 38 heavy (non-hydrogen) atoms. The van der Waals surface area contributed by atoms with Crippen molar-refractivity contribution < 1.29 is 28.1 Å². The Balaban J connectivity index is 0.000000494. The molecule has 0 atom stereocenters. The Morgan fingerprint density at radius 1 is 1.11 bits per heavy atom. The van der Waals surface area contributed by atoms with E-state index in [1.807, 2.05) is 12.1 Å². The van der Waals surface area contributed by atoms with Crippen LogP contribution in [0.2, 0.25) is 0 Å². The van der Waals surface area contributed by atoms with Gasteiger partial charge in [-0.3, -0.25) is 10.2 Å². The molecular weight excluding hydrogens is 513 g/mol. The van der Waals surface area contributed by atoms with E-state index in [9.17, 15) is 9.18 Å². The Bertz CT molecular complexity index is 1150. The number of nitrogens with zero attached hydrogens (tertiary/aromatic N) is 2. The van der Waals surface area contributed by atoms with Gasteiger partial charge < -0.3 is 29.6 Å². The first-order valence-electron chi connectivity index (χ1n) is 12.3. The highest BCUT2D eigenvalue weighted by Crippen LogP contribution is 2.37. The van der Waals surface area contributed by atoms with Gasteiger partial charge in [0.25, 0.3) is 0 Å². The zero-order valence-electron chi connectivity index (χ0n) is 21.2. The molecule has 10 nitrogen and oxygen atoms in total. The van der Waals surface area contributed by atoms with E-state index in [-0.39, 0.29) is 17.2 Å². The Hall–Kier alpha value is -3.29. The summed E-state index contributed by atoms with van der Waals surface area (Å²) < 4.78 is 35.9. The van der Waals surface area contributed by atoms with Crippen molar-refractivity contribution >= 4 is 28.2 Å². The van der Waals surface area contributed by atoms with Gasteiger partial charge in [0.1, 0.15) is 0 Å². The van der Waals surface area contributed by atoms with E-state index in [0.29, 0.717) is 30.6 Å². The maximum Gasteiger partial charge on any atom is 0.325 e. The summed E-state index contributed by atoms with van der Waals surface area (Å²) in [6, 6.07) is 9.37. The molecule has 2 saturated heterocycles.